The van der Waals surface area contributed by atoms with Gasteiger partial charge in [-0.3, -0.25) is 0 Å². The average molecular weight is 285 g/mol. The standard InChI is InChI=1S/C12H17BrN2O/c1-9-7-11(14-8-10(9)13)15-5-3-12(2,16)4-6-15/h7-8,16H,3-6H2,1-2H3. The number of nitrogens with zero attached hydrogens (tertiary/aromatic N) is 2. The monoisotopic (exact) mass is 284 g/mol. The fourth-order valence-electron chi connectivity index (χ4n) is 1.91. The molecule has 0 bridgehead atoms. The summed E-state index contributed by atoms with van der Waals surface area (Å²) in [5.41, 5.74) is 0.698. The molecule has 0 unspecified atom stereocenters. The highest BCUT2D eigenvalue weighted by Crippen LogP contribution is 2.26. The van der Waals surface area contributed by atoms with Crippen molar-refractivity contribution < 1.29 is 5.11 Å². The van der Waals surface area contributed by atoms with Crippen LogP contribution in [0.3, 0.4) is 0 Å². The van der Waals surface area contributed by atoms with Crippen LogP contribution in [-0.4, -0.2) is 28.8 Å². The SMILES string of the molecule is Cc1cc(N2CCC(C)(O)CC2)ncc1Br. The van der Waals surface area contributed by atoms with Gasteiger partial charge in [-0.05, 0) is 54.2 Å². The van der Waals surface area contributed by atoms with Gasteiger partial charge in [0, 0.05) is 23.8 Å². The van der Waals surface area contributed by atoms with E-state index in [9.17, 15) is 5.11 Å². The first kappa shape index (κ1) is 11.9. The van der Waals surface area contributed by atoms with E-state index in [-0.39, 0.29) is 0 Å². The van der Waals surface area contributed by atoms with Crippen molar-refractivity contribution in [3.63, 3.8) is 0 Å². The van der Waals surface area contributed by atoms with E-state index in [0.29, 0.717) is 0 Å². The van der Waals surface area contributed by atoms with Crippen molar-refractivity contribution in [2.24, 2.45) is 0 Å². The van der Waals surface area contributed by atoms with Crippen LogP contribution < -0.4 is 4.90 Å². The highest BCUT2D eigenvalue weighted by molar-refractivity contribution is 9.10. The molecule has 0 radical (unpaired) electrons. The zero-order chi connectivity index (χ0) is 11.8. The van der Waals surface area contributed by atoms with E-state index in [1.54, 1.807) is 0 Å². The predicted octanol–water partition coefficient (Wildman–Crippen LogP) is 2.50. The van der Waals surface area contributed by atoms with Crippen molar-refractivity contribution in [1.29, 1.82) is 0 Å². The van der Waals surface area contributed by atoms with E-state index in [1.165, 1.54) is 5.56 Å². The van der Waals surface area contributed by atoms with Crippen LogP contribution in [-0.2, 0) is 0 Å². The van der Waals surface area contributed by atoms with Gasteiger partial charge in [-0.1, -0.05) is 0 Å². The van der Waals surface area contributed by atoms with Crippen molar-refractivity contribution in [2.75, 3.05) is 18.0 Å². The third kappa shape index (κ3) is 2.55. The van der Waals surface area contributed by atoms with Gasteiger partial charge in [0.05, 0.1) is 5.60 Å². The van der Waals surface area contributed by atoms with Gasteiger partial charge in [-0.25, -0.2) is 4.98 Å². The zero-order valence-corrected chi connectivity index (χ0v) is 11.3. The minimum atomic E-state index is -0.499. The Hall–Kier alpha value is -0.610. The molecule has 0 aromatic carbocycles. The van der Waals surface area contributed by atoms with Crippen LogP contribution in [0.2, 0.25) is 0 Å². The summed E-state index contributed by atoms with van der Waals surface area (Å²) in [7, 11) is 0. The van der Waals surface area contributed by atoms with Gasteiger partial charge in [0.1, 0.15) is 5.82 Å². The zero-order valence-electron chi connectivity index (χ0n) is 9.70. The summed E-state index contributed by atoms with van der Waals surface area (Å²) in [6.45, 7) is 5.72. The lowest BCUT2D eigenvalue weighted by Crippen LogP contribution is -2.42. The lowest BCUT2D eigenvalue weighted by Gasteiger charge is -2.36. The lowest BCUT2D eigenvalue weighted by atomic mass is 9.94. The quantitative estimate of drug-likeness (QED) is 0.861. The molecule has 3 nitrogen and oxygen atoms in total. The van der Waals surface area contributed by atoms with E-state index in [0.717, 1.165) is 36.2 Å². The maximum atomic E-state index is 9.88. The number of halogens is 1. The van der Waals surface area contributed by atoms with E-state index in [4.69, 9.17) is 0 Å². The Morgan fingerprint density at radius 1 is 1.44 bits per heavy atom. The van der Waals surface area contributed by atoms with E-state index >= 15 is 0 Å². The summed E-state index contributed by atoms with van der Waals surface area (Å²) in [5, 5.41) is 9.88. The number of rotatable bonds is 1. The largest absolute Gasteiger partial charge is 0.390 e. The second-order valence-electron chi connectivity index (χ2n) is 4.78. The molecule has 88 valence electrons. The molecular formula is C12H17BrN2O. The van der Waals surface area contributed by atoms with Crippen molar-refractivity contribution in [3.05, 3.63) is 22.3 Å². The predicted molar refractivity (Wildman–Crippen MR) is 68.7 cm³/mol. The molecule has 0 saturated carbocycles. The molecule has 0 atom stereocenters. The Labute approximate surface area is 105 Å². The molecule has 1 aliphatic rings. The molecule has 0 spiro atoms. The first-order valence-electron chi connectivity index (χ1n) is 5.57. The highest BCUT2D eigenvalue weighted by Gasteiger charge is 2.27. The van der Waals surface area contributed by atoms with Crippen LogP contribution in [0.25, 0.3) is 0 Å². The number of anilines is 1. The van der Waals surface area contributed by atoms with Crippen molar-refractivity contribution in [2.45, 2.75) is 32.3 Å². The molecule has 1 aliphatic heterocycles. The Bertz CT molecular complexity index is 383. The molecule has 1 fully saturated rings. The van der Waals surface area contributed by atoms with Crippen LogP contribution in [0.1, 0.15) is 25.3 Å². The molecule has 0 amide bonds. The van der Waals surface area contributed by atoms with Gasteiger partial charge in [0.25, 0.3) is 0 Å². The van der Waals surface area contributed by atoms with Gasteiger partial charge in [-0.2, -0.15) is 0 Å². The van der Waals surface area contributed by atoms with E-state index in [1.807, 2.05) is 13.1 Å². The number of hydrogen-bond donors (Lipinski definition) is 1. The summed E-state index contributed by atoms with van der Waals surface area (Å²) < 4.78 is 1.04. The Morgan fingerprint density at radius 2 is 2.06 bits per heavy atom. The smallest absolute Gasteiger partial charge is 0.128 e. The van der Waals surface area contributed by atoms with Gasteiger partial charge < -0.3 is 10.0 Å². The minimum Gasteiger partial charge on any atom is -0.390 e. The van der Waals surface area contributed by atoms with Gasteiger partial charge in [-0.15, -0.1) is 0 Å². The topological polar surface area (TPSA) is 36.4 Å². The molecule has 1 N–H and O–H groups in total. The van der Waals surface area contributed by atoms with Gasteiger partial charge in [0.2, 0.25) is 0 Å². The van der Waals surface area contributed by atoms with Crippen molar-refractivity contribution in [3.8, 4) is 0 Å². The Balaban J connectivity index is 2.11. The molecule has 1 saturated heterocycles. The summed E-state index contributed by atoms with van der Waals surface area (Å²) in [5.74, 6) is 1.01. The first-order valence-corrected chi connectivity index (χ1v) is 6.37. The van der Waals surface area contributed by atoms with Crippen LogP contribution in [0.4, 0.5) is 5.82 Å². The molecule has 1 aromatic heterocycles. The summed E-state index contributed by atoms with van der Waals surface area (Å²) in [4.78, 5) is 6.64. The van der Waals surface area contributed by atoms with Crippen LogP contribution in [0, 0.1) is 6.92 Å². The van der Waals surface area contributed by atoms with Crippen LogP contribution in [0.5, 0.6) is 0 Å². The summed E-state index contributed by atoms with van der Waals surface area (Å²) >= 11 is 3.45. The molecule has 2 rings (SSSR count). The molecule has 1 aromatic rings. The number of aryl methyl sites for hydroxylation is 1. The molecule has 16 heavy (non-hydrogen) atoms. The second kappa shape index (κ2) is 4.34. The van der Waals surface area contributed by atoms with Gasteiger partial charge in [0.15, 0.2) is 0 Å². The Morgan fingerprint density at radius 3 is 2.62 bits per heavy atom. The lowest BCUT2D eigenvalue weighted by molar-refractivity contribution is 0.0350. The number of hydrogen-bond acceptors (Lipinski definition) is 3. The van der Waals surface area contributed by atoms with Crippen LogP contribution >= 0.6 is 15.9 Å². The Kier molecular flexibility index (Phi) is 3.22. The van der Waals surface area contributed by atoms with E-state index < -0.39 is 5.60 Å². The maximum Gasteiger partial charge on any atom is 0.128 e. The van der Waals surface area contributed by atoms with Crippen molar-refractivity contribution in [1.82, 2.24) is 4.98 Å². The van der Waals surface area contributed by atoms with Gasteiger partial charge >= 0.3 is 0 Å². The number of aliphatic hydroxyl groups is 1. The van der Waals surface area contributed by atoms with E-state index in [2.05, 4.69) is 38.8 Å². The number of aromatic nitrogens is 1. The number of pyridine rings is 1. The second-order valence-corrected chi connectivity index (χ2v) is 5.63. The fraction of sp³-hybridized carbons (Fsp3) is 0.583. The molecule has 2 heterocycles. The first-order chi connectivity index (χ1) is 7.48. The molecule has 4 heteroatoms. The summed E-state index contributed by atoms with van der Waals surface area (Å²) in [6, 6.07) is 2.09. The minimum absolute atomic E-state index is 0.499. The molecular weight excluding hydrogens is 268 g/mol. The highest BCUT2D eigenvalue weighted by atomic mass is 79.9. The maximum absolute atomic E-state index is 9.88. The van der Waals surface area contributed by atoms with Crippen molar-refractivity contribution >= 4 is 21.7 Å². The summed E-state index contributed by atoms with van der Waals surface area (Å²) in [6.07, 6.45) is 3.46. The molecule has 0 aliphatic carbocycles. The third-order valence-corrected chi connectivity index (χ3v) is 4.03. The van der Waals surface area contributed by atoms with Crippen LogP contribution in [0.15, 0.2) is 16.7 Å². The average Bonchev–Trinajstić information content (AvgIpc) is 2.22. The number of piperidine rings is 1. The normalized spacial score (nSPS) is 19.9. The fourth-order valence-corrected chi connectivity index (χ4v) is 2.13. The third-order valence-electron chi connectivity index (χ3n) is 3.20.